The first-order valence-electron chi connectivity index (χ1n) is 7.74. The molecular weight excluding hydrogens is 308 g/mol. The van der Waals surface area contributed by atoms with Crippen molar-refractivity contribution in [3.05, 3.63) is 67.3 Å². The number of hydrogen-bond donors (Lipinski definition) is 1. The van der Waals surface area contributed by atoms with Crippen LogP contribution in [0.15, 0.2) is 38.3 Å². The van der Waals surface area contributed by atoms with Crippen molar-refractivity contribution in [1.29, 1.82) is 0 Å². The van der Waals surface area contributed by atoms with Gasteiger partial charge in [0.05, 0.1) is 0 Å². The molecule has 1 N–H and O–H groups in total. The molecule has 1 aromatic carbocycles. The molecule has 3 aromatic rings. The quantitative estimate of drug-likeness (QED) is 0.796. The van der Waals surface area contributed by atoms with E-state index in [0.717, 1.165) is 16.7 Å². The van der Waals surface area contributed by atoms with Gasteiger partial charge in [0.15, 0.2) is 0 Å². The van der Waals surface area contributed by atoms with E-state index in [0.29, 0.717) is 12.0 Å². The summed E-state index contributed by atoms with van der Waals surface area (Å²) in [5.74, 6) is 0. The van der Waals surface area contributed by atoms with Gasteiger partial charge in [-0.05, 0) is 37.0 Å². The van der Waals surface area contributed by atoms with Crippen LogP contribution in [-0.2, 0) is 13.0 Å². The Bertz CT molecular complexity index is 1020. The number of nitrogens with zero attached hydrogens (tertiary/aromatic N) is 1. The molecule has 0 spiro atoms. The largest absolute Gasteiger partial charge is 0.460 e. The van der Waals surface area contributed by atoms with Gasteiger partial charge in [-0.2, -0.15) is 4.98 Å². The Hall–Kier alpha value is -2.89. The van der Waals surface area contributed by atoms with Crippen molar-refractivity contribution in [2.24, 2.45) is 0 Å². The number of hydrogen-bond acceptors (Lipinski definition) is 5. The second kappa shape index (κ2) is 6.31. The Morgan fingerprint density at radius 2 is 1.96 bits per heavy atom. The Morgan fingerprint density at radius 1 is 1.17 bits per heavy atom. The molecule has 0 unspecified atom stereocenters. The molecule has 2 aromatic heterocycles. The molecule has 2 heterocycles. The highest BCUT2D eigenvalue weighted by atomic mass is 16.5. The molecule has 0 saturated heterocycles. The molecule has 0 bridgehead atoms. The third-order valence-electron chi connectivity index (χ3n) is 3.92. The lowest BCUT2D eigenvalue weighted by molar-refractivity contribution is 0.279. The van der Waals surface area contributed by atoms with Crippen molar-refractivity contribution in [3.8, 4) is 6.01 Å². The van der Waals surface area contributed by atoms with Crippen molar-refractivity contribution < 1.29 is 9.15 Å². The van der Waals surface area contributed by atoms with Gasteiger partial charge in [0.2, 0.25) is 5.71 Å². The van der Waals surface area contributed by atoms with Crippen molar-refractivity contribution in [3.63, 3.8) is 0 Å². The maximum Gasteiger partial charge on any atom is 0.337 e. The lowest BCUT2D eigenvalue weighted by Gasteiger charge is -2.09. The lowest BCUT2D eigenvalue weighted by Crippen LogP contribution is -2.15. The second-order valence-electron chi connectivity index (χ2n) is 5.71. The van der Waals surface area contributed by atoms with E-state index in [1.807, 2.05) is 39.0 Å². The summed E-state index contributed by atoms with van der Waals surface area (Å²) < 4.78 is 10.7. The molecule has 124 valence electrons. The molecule has 24 heavy (non-hydrogen) atoms. The third-order valence-corrected chi connectivity index (χ3v) is 3.92. The van der Waals surface area contributed by atoms with E-state index in [-0.39, 0.29) is 29.3 Å². The number of aromatic nitrogens is 2. The number of fused-ring (bicyclic) bond motifs is 1. The molecule has 0 aliphatic rings. The summed E-state index contributed by atoms with van der Waals surface area (Å²) in [6, 6.07) is 7.40. The van der Waals surface area contributed by atoms with Crippen LogP contribution >= 0.6 is 0 Å². The summed E-state index contributed by atoms with van der Waals surface area (Å²) in [7, 11) is 0. The van der Waals surface area contributed by atoms with E-state index in [1.54, 1.807) is 0 Å². The SMILES string of the molecule is CCc1cc(=O)oc2nc(OCc3cc(C)ccc3C)[nH]c(=O)c12. The molecule has 6 heteroatoms. The lowest BCUT2D eigenvalue weighted by atomic mass is 10.1. The summed E-state index contributed by atoms with van der Waals surface area (Å²) in [5, 5.41) is 0.288. The summed E-state index contributed by atoms with van der Waals surface area (Å²) in [4.78, 5) is 30.6. The molecule has 0 aliphatic heterocycles. The molecule has 0 fully saturated rings. The highest BCUT2D eigenvalue weighted by Crippen LogP contribution is 2.16. The van der Waals surface area contributed by atoms with Crippen LogP contribution in [0.5, 0.6) is 6.01 Å². The van der Waals surface area contributed by atoms with Gasteiger partial charge in [-0.15, -0.1) is 0 Å². The van der Waals surface area contributed by atoms with Gasteiger partial charge in [-0.25, -0.2) is 4.79 Å². The maximum absolute atomic E-state index is 12.3. The first kappa shape index (κ1) is 16.0. The standard InChI is InChI=1S/C18H18N2O4/c1-4-12-8-14(21)24-17-15(12)16(22)19-18(20-17)23-9-13-7-10(2)5-6-11(13)3/h5-8H,4,9H2,1-3H3,(H,19,20,22). The topological polar surface area (TPSA) is 85.2 Å². The molecule has 0 atom stereocenters. The zero-order valence-corrected chi connectivity index (χ0v) is 13.8. The highest BCUT2D eigenvalue weighted by molar-refractivity contribution is 5.75. The van der Waals surface area contributed by atoms with Gasteiger partial charge < -0.3 is 9.15 Å². The fraction of sp³-hybridized carbons (Fsp3) is 0.278. The first-order chi connectivity index (χ1) is 11.5. The van der Waals surface area contributed by atoms with Crippen molar-refractivity contribution >= 4 is 11.1 Å². The minimum Gasteiger partial charge on any atom is -0.460 e. The summed E-state index contributed by atoms with van der Waals surface area (Å²) in [5.41, 5.74) is 2.91. The minimum absolute atomic E-state index is 0.000867. The third kappa shape index (κ3) is 3.08. The number of nitrogens with one attached hydrogen (secondary N) is 1. The maximum atomic E-state index is 12.3. The van der Waals surface area contributed by atoms with Crippen LogP contribution in [0.3, 0.4) is 0 Å². The van der Waals surface area contributed by atoms with Gasteiger partial charge in [0, 0.05) is 6.07 Å². The van der Waals surface area contributed by atoms with E-state index in [1.165, 1.54) is 6.07 Å². The number of benzene rings is 1. The monoisotopic (exact) mass is 326 g/mol. The first-order valence-corrected chi connectivity index (χ1v) is 7.74. The van der Waals surface area contributed by atoms with Crippen LogP contribution in [0.25, 0.3) is 11.1 Å². The van der Waals surface area contributed by atoms with Gasteiger partial charge in [0.1, 0.15) is 12.0 Å². The molecule has 0 radical (unpaired) electrons. The number of rotatable bonds is 4. The predicted octanol–water partition coefficient (Wildman–Crippen LogP) is 2.63. The van der Waals surface area contributed by atoms with E-state index in [2.05, 4.69) is 9.97 Å². The Kier molecular flexibility index (Phi) is 4.20. The normalized spacial score (nSPS) is 11.0. The van der Waals surface area contributed by atoms with Crippen LogP contribution in [0.1, 0.15) is 29.2 Å². The smallest absolute Gasteiger partial charge is 0.337 e. The van der Waals surface area contributed by atoms with Crippen LogP contribution in [0, 0.1) is 13.8 Å². The zero-order chi connectivity index (χ0) is 17.3. The molecular formula is C18H18N2O4. The van der Waals surface area contributed by atoms with E-state index >= 15 is 0 Å². The summed E-state index contributed by atoms with van der Waals surface area (Å²) in [6.07, 6.45) is 0.537. The van der Waals surface area contributed by atoms with Gasteiger partial charge >= 0.3 is 5.63 Å². The number of aromatic amines is 1. The average molecular weight is 326 g/mol. The van der Waals surface area contributed by atoms with Crippen molar-refractivity contribution in [2.75, 3.05) is 0 Å². The summed E-state index contributed by atoms with van der Waals surface area (Å²) in [6.45, 7) is 6.11. The summed E-state index contributed by atoms with van der Waals surface area (Å²) >= 11 is 0. The number of H-pyrrole nitrogens is 1. The van der Waals surface area contributed by atoms with Crippen molar-refractivity contribution in [2.45, 2.75) is 33.8 Å². The van der Waals surface area contributed by atoms with Gasteiger partial charge in [-0.1, -0.05) is 30.7 Å². The molecule has 0 saturated carbocycles. The van der Waals surface area contributed by atoms with Gasteiger partial charge in [-0.3, -0.25) is 9.78 Å². The zero-order valence-electron chi connectivity index (χ0n) is 13.8. The van der Waals surface area contributed by atoms with Crippen molar-refractivity contribution in [1.82, 2.24) is 9.97 Å². The van der Waals surface area contributed by atoms with Crippen LogP contribution < -0.4 is 15.9 Å². The Labute approximate surface area is 138 Å². The van der Waals surface area contributed by atoms with E-state index in [9.17, 15) is 9.59 Å². The Morgan fingerprint density at radius 3 is 2.71 bits per heavy atom. The number of aryl methyl sites for hydroxylation is 3. The molecule has 0 amide bonds. The molecule has 0 aliphatic carbocycles. The fourth-order valence-corrected chi connectivity index (χ4v) is 2.58. The molecule has 3 rings (SSSR count). The van der Waals surface area contributed by atoms with Crippen LogP contribution in [-0.4, -0.2) is 9.97 Å². The Balaban J connectivity index is 1.98. The van der Waals surface area contributed by atoms with E-state index < -0.39 is 5.63 Å². The molecule has 6 nitrogen and oxygen atoms in total. The van der Waals surface area contributed by atoms with Crippen LogP contribution in [0.4, 0.5) is 0 Å². The van der Waals surface area contributed by atoms with E-state index in [4.69, 9.17) is 9.15 Å². The fourth-order valence-electron chi connectivity index (χ4n) is 2.58. The highest BCUT2D eigenvalue weighted by Gasteiger charge is 2.12. The number of ether oxygens (including phenoxy) is 1. The minimum atomic E-state index is -0.530. The predicted molar refractivity (Wildman–Crippen MR) is 90.5 cm³/mol. The van der Waals surface area contributed by atoms with Gasteiger partial charge in [0.25, 0.3) is 11.6 Å². The second-order valence-corrected chi connectivity index (χ2v) is 5.71. The van der Waals surface area contributed by atoms with Crippen LogP contribution in [0.2, 0.25) is 0 Å². The average Bonchev–Trinajstić information content (AvgIpc) is 2.54.